The van der Waals surface area contributed by atoms with Crippen LogP contribution in [0.3, 0.4) is 0 Å². The predicted molar refractivity (Wildman–Crippen MR) is 325 cm³/mol. The van der Waals surface area contributed by atoms with Crippen LogP contribution in [0.1, 0.15) is 361 Å². The Hall–Kier alpha value is -2.14. The predicted octanol–water partition coefficient (Wildman–Crippen LogP) is 22.8. The first-order valence-corrected chi connectivity index (χ1v) is 33.2. The van der Waals surface area contributed by atoms with Gasteiger partial charge in [-0.05, 0) is 51.4 Å². The van der Waals surface area contributed by atoms with Gasteiger partial charge in [-0.15, -0.1) is 0 Å². The van der Waals surface area contributed by atoms with Crippen molar-refractivity contribution in [3.63, 3.8) is 0 Å². The quantitative estimate of drug-likeness (QED) is 0.0373. The number of carbonyl (C=O) groups is 2. The summed E-state index contributed by atoms with van der Waals surface area (Å²) in [6.07, 6.45) is 87.1. The number of carbonyl (C=O) groups excluding carboxylic acids is 2. The Morgan fingerprint density at radius 3 is 0.878 bits per heavy atom. The molecule has 5 heteroatoms. The molecule has 0 fully saturated rings. The minimum Gasteiger partial charge on any atom is -0.462 e. The molecule has 0 rings (SSSR count). The van der Waals surface area contributed by atoms with Gasteiger partial charge in [-0.2, -0.15) is 0 Å². The Morgan fingerprint density at radius 1 is 0.324 bits per heavy atom. The molecule has 0 saturated heterocycles. The number of ether oxygens (including phenoxy) is 2. The Balaban J connectivity index is 3.40. The molecular weight excluding hydrogens is 909 g/mol. The summed E-state index contributed by atoms with van der Waals surface area (Å²) in [6.45, 7) is 4.09. The van der Waals surface area contributed by atoms with Gasteiger partial charge in [-0.3, -0.25) is 9.59 Å². The molecule has 74 heavy (non-hydrogen) atoms. The summed E-state index contributed by atoms with van der Waals surface area (Å²) in [5.74, 6) is -0.570. The Labute approximate surface area is 462 Å². The normalized spacial score (nSPS) is 12.4. The SMILES string of the molecule is CC/C=C\C/C=C\C/C=C\C/C=C\CCCCCCCCCCCCCCCCCCC(=O)OC(CO)COC(=O)CCCCCCCCCCCCCCCCCCCCCCCCCCCCCCCCC. The highest BCUT2D eigenvalue weighted by Crippen LogP contribution is 2.19. The van der Waals surface area contributed by atoms with Crippen LogP contribution in [0.5, 0.6) is 0 Å². The lowest BCUT2D eigenvalue weighted by Crippen LogP contribution is -2.28. The summed E-state index contributed by atoms with van der Waals surface area (Å²) in [7, 11) is 0. The average Bonchev–Trinajstić information content (AvgIpc) is 3.40. The molecule has 0 aliphatic rings. The van der Waals surface area contributed by atoms with Crippen LogP contribution in [0.15, 0.2) is 48.6 Å². The van der Waals surface area contributed by atoms with E-state index in [1.165, 1.54) is 276 Å². The third-order valence-corrected chi connectivity index (χ3v) is 15.1. The van der Waals surface area contributed by atoms with Gasteiger partial charge >= 0.3 is 11.9 Å². The van der Waals surface area contributed by atoms with E-state index in [-0.39, 0.29) is 25.2 Å². The highest BCUT2D eigenvalue weighted by Gasteiger charge is 2.16. The molecule has 434 valence electrons. The van der Waals surface area contributed by atoms with Crippen LogP contribution >= 0.6 is 0 Å². The first-order valence-electron chi connectivity index (χ1n) is 33.2. The van der Waals surface area contributed by atoms with Crippen LogP contribution in [-0.2, 0) is 19.1 Å². The van der Waals surface area contributed by atoms with Crippen LogP contribution in [0.25, 0.3) is 0 Å². The largest absolute Gasteiger partial charge is 0.462 e. The van der Waals surface area contributed by atoms with Crippen molar-refractivity contribution in [2.45, 2.75) is 367 Å². The van der Waals surface area contributed by atoms with E-state index in [0.717, 1.165) is 57.8 Å². The van der Waals surface area contributed by atoms with E-state index >= 15 is 0 Å². The zero-order valence-corrected chi connectivity index (χ0v) is 49.9. The summed E-state index contributed by atoms with van der Waals surface area (Å²) < 4.78 is 10.8. The number of aliphatic hydroxyl groups is 1. The lowest BCUT2D eigenvalue weighted by atomic mass is 10.0. The fourth-order valence-electron chi connectivity index (χ4n) is 10.2. The monoisotopic (exact) mass is 1040 g/mol. The van der Waals surface area contributed by atoms with Crippen LogP contribution in [0.4, 0.5) is 0 Å². The van der Waals surface area contributed by atoms with Crippen molar-refractivity contribution in [1.29, 1.82) is 0 Å². The maximum absolute atomic E-state index is 12.3. The minimum atomic E-state index is -0.771. The van der Waals surface area contributed by atoms with Crippen molar-refractivity contribution >= 4 is 11.9 Å². The van der Waals surface area contributed by atoms with Gasteiger partial charge in [0.15, 0.2) is 6.10 Å². The molecular formula is C69H128O5. The molecule has 0 aromatic heterocycles. The first kappa shape index (κ1) is 71.9. The molecule has 0 amide bonds. The fourth-order valence-corrected chi connectivity index (χ4v) is 10.2. The molecule has 5 nitrogen and oxygen atoms in total. The second-order valence-electron chi connectivity index (χ2n) is 22.5. The number of hydrogen-bond acceptors (Lipinski definition) is 5. The molecule has 0 aromatic rings. The second kappa shape index (κ2) is 65.1. The third-order valence-electron chi connectivity index (χ3n) is 15.1. The Bertz CT molecular complexity index is 1220. The maximum atomic E-state index is 12.3. The number of hydrogen-bond donors (Lipinski definition) is 1. The van der Waals surface area contributed by atoms with Gasteiger partial charge in [0.1, 0.15) is 6.61 Å². The standard InChI is InChI=1S/C69H128O5/c1-3-5-7-9-11-13-15-17-19-21-23-25-27-29-31-33-34-36-37-39-41-43-45-47-49-51-53-55-57-59-61-63-68(71)73-66-67(65-70)74-69(72)64-62-60-58-56-54-52-50-48-46-44-42-40-38-35-32-30-28-26-24-22-20-18-16-14-12-10-8-6-4-2/h6,8,12,14,18,20,24,26,67,70H,3-5,7,9-11,13,15-17,19,21-23,25,27-66H2,1-2H3/b8-6-,14-12-,20-18-,26-24-. The molecule has 0 radical (unpaired) electrons. The van der Waals surface area contributed by atoms with Crippen molar-refractivity contribution < 1.29 is 24.2 Å². The maximum Gasteiger partial charge on any atom is 0.306 e. The number of rotatable bonds is 62. The Kier molecular flexibility index (Phi) is 63.3. The summed E-state index contributed by atoms with van der Waals surface area (Å²) in [5.41, 5.74) is 0. The van der Waals surface area contributed by atoms with Crippen LogP contribution in [-0.4, -0.2) is 36.4 Å². The highest BCUT2D eigenvalue weighted by atomic mass is 16.6. The summed E-state index contributed by atoms with van der Waals surface area (Å²) >= 11 is 0. The fraction of sp³-hybridized carbons (Fsp3) is 0.855. The molecule has 0 heterocycles. The minimum absolute atomic E-state index is 0.0606. The molecule has 0 aliphatic carbocycles. The third kappa shape index (κ3) is 62.4. The van der Waals surface area contributed by atoms with Gasteiger partial charge < -0.3 is 14.6 Å². The molecule has 0 spiro atoms. The van der Waals surface area contributed by atoms with Crippen molar-refractivity contribution in [2.75, 3.05) is 13.2 Å². The van der Waals surface area contributed by atoms with Crippen LogP contribution < -0.4 is 0 Å². The number of unbranched alkanes of at least 4 members (excludes halogenated alkanes) is 46. The average molecular weight is 1040 g/mol. The van der Waals surface area contributed by atoms with Crippen LogP contribution in [0.2, 0.25) is 0 Å². The van der Waals surface area contributed by atoms with Gasteiger partial charge in [0.25, 0.3) is 0 Å². The van der Waals surface area contributed by atoms with E-state index in [1.54, 1.807) is 0 Å². The summed E-state index contributed by atoms with van der Waals surface area (Å²) in [4.78, 5) is 24.6. The molecule has 0 aromatic carbocycles. The van der Waals surface area contributed by atoms with E-state index in [1.807, 2.05) is 0 Å². The van der Waals surface area contributed by atoms with E-state index in [4.69, 9.17) is 9.47 Å². The molecule has 0 bridgehead atoms. The molecule has 0 saturated carbocycles. The smallest absolute Gasteiger partial charge is 0.306 e. The highest BCUT2D eigenvalue weighted by molar-refractivity contribution is 5.70. The topological polar surface area (TPSA) is 72.8 Å². The van der Waals surface area contributed by atoms with Gasteiger partial charge in [-0.25, -0.2) is 0 Å². The summed E-state index contributed by atoms with van der Waals surface area (Å²) in [5, 5.41) is 9.69. The summed E-state index contributed by atoms with van der Waals surface area (Å²) in [6, 6.07) is 0. The molecule has 0 aliphatic heterocycles. The van der Waals surface area contributed by atoms with Crippen molar-refractivity contribution in [3.8, 4) is 0 Å². The van der Waals surface area contributed by atoms with Crippen molar-refractivity contribution in [2.24, 2.45) is 0 Å². The van der Waals surface area contributed by atoms with E-state index < -0.39 is 6.10 Å². The lowest BCUT2D eigenvalue weighted by molar-refractivity contribution is -0.161. The lowest BCUT2D eigenvalue weighted by Gasteiger charge is -2.15. The van der Waals surface area contributed by atoms with Crippen molar-refractivity contribution in [1.82, 2.24) is 0 Å². The number of aliphatic hydroxyl groups excluding tert-OH is 1. The van der Waals surface area contributed by atoms with Crippen molar-refractivity contribution in [3.05, 3.63) is 48.6 Å². The first-order chi connectivity index (χ1) is 36.6. The van der Waals surface area contributed by atoms with E-state index in [9.17, 15) is 14.7 Å². The zero-order valence-electron chi connectivity index (χ0n) is 49.9. The molecule has 1 N–H and O–H groups in total. The van der Waals surface area contributed by atoms with Gasteiger partial charge in [0, 0.05) is 12.8 Å². The number of esters is 2. The second-order valence-corrected chi connectivity index (χ2v) is 22.5. The molecule has 1 unspecified atom stereocenters. The Morgan fingerprint density at radius 2 is 0.581 bits per heavy atom. The zero-order chi connectivity index (χ0) is 53.4. The van der Waals surface area contributed by atoms with Gasteiger partial charge in [0.2, 0.25) is 0 Å². The number of allylic oxidation sites excluding steroid dienone is 8. The van der Waals surface area contributed by atoms with Crippen LogP contribution in [0, 0.1) is 0 Å². The van der Waals surface area contributed by atoms with Gasteiger partial charge in [-0.1, -0.05) is 345 Å². The van der Waals surface area contributed by atoms with E-state index in [0.29, 0.717) is 12.8 Å². The van der Waals surface area contributed by atoms with Gasteiger partial charge in [0.05, 0.1) is 6.61 Å². The van der Waals surface area contributed by atoms with E-state index in [2.05, 4.69) is 62.5 Å². The molecule has 1 atom stereocenters.